The standard InChI is InChI=1S/C16H25FN2O/c1-3-18-10-14-8-9-15(20-14)12-19(2)11-13-6-4-5-7-16(13)17/h4-7,14-15,18H,3,8-12H2,1-2H3. The zero-order valence-corrected chi connectivity index (χ0v) is 12.4. The van der Waals surface area contributed by atoms with E-state index in [1.807, 2.05) is 19.2 Å². The van der Waals surface area contributed by atoms with E-state index in [4.69, 9.17) is 4.74 Å². The van der Waals surface area contributed by atoms with E-state index in [1.54, 1.807) is 6.07 Å². The predicted octanol–water partition coefficient (Wildman–Crippen LogP) is 2.41. The van der Waals surface area contributed by atoms with Crippen molar-refractivity contribution in [2.24, 2.45) is 0 Å². The van der Waals surface area contributed by atoms with Crippen LogP contribution in [0.25, 0.3) is 0 Å². The van der Waals surface area contributed by atoms with E-state index in [1.165, 1.54) is 6.07 Å². The van der Waals surface area contributed by atoms with E-state index in [9.17, 15) is 4.39 Å². The quantitative estimate of drug-likeness (QED) is 0.830. The van der Waals surface area contributed by atoms with Gasteiger partial charge in [-0.05, 0) is 32.5 Å². The molecule has 1 aromatic carbocycles. The Hall–Kier alpha value is -0.970. The number of nitrogens with zero attached hydrogens (tertiary/aromatic N) is 1. The van der Waals surface area contributed by atoms with Crippen molar-refractivity contribution in [3.8, 4) is 0 Å². The molecule has 2 unspecified atom stereocenters. The summed E-state index contributed by atoms with van der Waals surface area (Å²) in [6, 6.07) is 6.96. The van der Waals surface area contributed by atoms with Crippen molar-refractivity contribution in [3.63, 3.8) is 0 Å². The number of rotatable bonds is 7. The van der Waals surface area contributed by atoms with Crippen LogP contribution in [0.15, 0.2) is 24.3 Å². The van der Waals surface area contributed by atoms with Crippen molar-refractivity contribution < 1.29 is 9.13 Å². The average molecular weight is 280 g/mol. The SMILES string of the molecule is CCNCC1CCC(CN(C)Cc2ccccc2F)O1. The largest absolute Gasteiger partial charge is 0.372 e. The van der Waals surface area contributed by atoms with Gasteiger partial charge in [0.15, 0.2) is 0 Å². The van der Waals surface area contributed by atoms with Crippen molar-refractivity contribution in [2.45, 2.75) is 38.5 Å². The second kappa shape index (κ2) is 7.72. The fourth-order valence-corrected chi connectivity index (χ4v) is 2.70. The van der Waals surface area contributed by atoms with Crippen molar-refractivity contribution in [2.75, 3.05) is 26.7 Å². The first-order chi connectivity index (χ1) is 9.69. The van der Waals surface area contributed by atoms with Gasteiger partial charge in [-0.3, -0.25) is 4.90 Å². The van der Waals surface area contributed by atoms with Gasteiger partial charge < -0.3 is 10.1 Å². The summed E-state index contributed by atoms with van der Waals surface area (Å²) in [6.07, 6.45) is 2.82. The maximum atomic E-state index is 13.6. The molecule has 1 N–H and O–H groups in total. The first kappa shape index (κ1) is 15.4. The molecule has 0 aliphatic carbocycles. The molecular weight excluding hydrogens is 255 g/mol. The topological polar surface area (TPSA) is 24.5 Å². The molecule has 0 amide bonds. The van der Waals surface area contributed by atoms with Crippen molar-refractivity contribution in [1.82, 2.24) is 10.2 Å². The minimum atomic E-state index is -0.128. The molecule has 1 saturated heterocycles. The molecule has 0 spiro atoms. The lowest BCUT2D eigenvalue weighted by molar-refractivity contribution is 0.0268. The Morgan fingerprint density at radius 2 is 2.05 bits per heavy atom. The Morgan fingerprint density at radius 3 is 2.80 bits per heavy atom. The molecular formula is C16H25FN2O. The lowest BCUT2D eigenvalue weighted by atomic mass is 10.1. The Labute approximate surface area is 121 Å². The Balaban J connectivity index is 1.75. The maximum absolute atomic E-state index is 13.6. The first-order valence-corrected chi connectivity index (χ1v) is 7.47. The van der Waals surface area contributed by atoms with Gasteiger partial charge in [0.25, 0.3) is 0 Å². The van der Waals surface area contributed by atoms with Crippen molar-refractivity contribution in [1.29, 1.82) is 0 Å². The number of halogens is 1. The molecule has 4 heteroatoms. The minimum Gasteiger partial charge on any atom is -0.372 e. The van der Waals surface area contributed by atoms with Gasteiger partial charge in [0.1, 0.15) is 5.82 Å². The van der Waals surface area contributed by atoms with Crippen LogP contribution in [-0.4, -0.2) is 43.8 Å². The van der Waals surface area contributed by atoms with Crippen LogP contribution >= 0.6 is 0 Å². The number of nitrogens with one attached hydrogen (secondary N) is 1. The molecule has 2 atom stereocenters. The highest BCUT2D eigenvalue weighted by Gasteiger charge is 2.25. The van der Waals surface area contributed by atoms with Crippen LogP contribution in [-0.2, 0) is 11.3 Å². The van der Waals surface area contributed by atoms with Crippen LogP contribution in [0.2, 0.25) is 0 Å². The summed E-state index contributed by atoms with van der Waals surface area (Å²) in [7, 11) is 2.02. The summed E-state index contributed by atoms with van der Waals surface area (Å²) in [5.74, 6) is -0.128. The average Bonchev–Trinajstić information content (AvgIpc) is 2.86. The van der Waals surface area contributed by atoms with E-state index in [2.05, 4.69) is 17.1 Å². The van der Waals surface area contributed by atoms with E-state index in [0.717, 1.165) is 38.0 Å². The summed E-state index contributed by atoms with van der Waals surface area (Å²) in [6.45, 7) is 5.51. The normalized spacial score (nSPS) is 22.6. The van der Waals surface area contributed by atoms with Gasteiger partial charge in [-0.1, -0.05) is 25.1 Å². The summed E-state index contributed by atoms with van der Waals surface area (Å²) in [5.41, 5.74) is 0.747. The zero-order valence-electron chi connectivity index (χ0n) is 12.4. The fourth-order valence-electron chi connectivity index (χ4n) is 2.70. The van der Waals surface area contributed by atoms with Crippen LogP contribution in [0, 0.1) is 5.82 Å². The summed E-state index contributed by atoms with van der Waals surface area (Å²) < 4.78 is 19.6. The van der Waals surface area contributed by atoms with Crippen LogP contribution in [0.4, 0.5) is 4.39 Å². The summed E-state index contributed by atoms with van der Waals surface area (Å²) in [4.78, 5) is 2.14. The van der Waals surface area contributed by atoms with Crippen LogP contribution in [0.3, 0.4) is 0 Å². The number of hydrogen-bond donors (Lipinski definition) is 1. The molecule has 0 radical (unpaired) electrons. The Kier molecular flexibility index (Phi) is 5.95. The summed E-state index contributed by atoms with van der Waals surface area (Å²) >= 11 is 0. The lowest BCUT2D eigenvalue weighted by Gasteiger charge is -2.21. The van der Waals surface area contributed by atoms with E-state index in [-0.39, 0.29) is 11.9 Å². The third kappa shape index (κ3) is 4.54. The van der Waals surface area contributed by atoms with Crippen molar-refractivity contribution >= 4 is 0 Å². The van der Waals surface area contributed by atoms with Gasteiger partial charge in [-0.15, -0.1) is 0 Å². The molecule has 3 nitrogen and oxygen atoms in total. The molecule has 1 heterocycles. The van der Waals surface area contributed by atoms with E-state index >= 15 is 0 Å². The molecule has 0 saturated carbocycles. The van der Waals surface area contributed by atoms with Gasteiger partial charge in [0.2, 0.25) is 0 Å². The smallest absolute Gasteiger partial charge is 0.127 e. The molecule has 0 aromatic heterocycles. The molecule has 1 fully saturated rings. The second-order valence-electron chi connectivity index (χ2n) is 5.55. The zero-order chi connectivity index (χ0) is 14.4. The Bertz CT molecular complexity index is 413. The highest BCUT2D eigenvalue weighted by atomic mass is 19.1. The first-order valence-electron chi connectivity index (χ1n) is 7.47. The van der Waals surface area contributed by atoms with Crippen molar-refractivity contribution in [3.05, 3.63) is 35.6 Å². The molecule has 1 aliphatic heterocycles. The third-order valence-corrected chi connectivity index (χ3v) is 3.73. The fraction of sp³-hybridized carbons (Fsp3) is 0.625. The van der Waals surface area contributed by atoms with Crippen LogP contribution < -0.4 is 5.32 Å². The van der Waals surface area contributed by atoms with E-state index in [0.29, 0.717) is 12.6 Å². The van der Waals surface area contributed by atoms with Gasteiger partial charge in [0, 0.05) is 25.2 Å². The van der Waals surface area contributed by atoms with Crippen LogP contribution in [0.1, 0.15) is 25.3 Å². The molecule has 1 aromatic rings. The Morgan fingerprint density at radius 1 is 1.30 bits per heavy atom. The number of hydrogen-bond acceptors (Lipinski definition) is 3. The third-order valence-electron chi connectivity index (χ3n) is 3.73. The van der Waals surface area contributed by atoms with Gasteiger partial charge in [0.05, 0.1) is 12.2 Å². The lowest BCUT2D eigenvalue weighted by Crippen LogP contribution is -2.31. The van der Waals surface area contributed by atoms with E-state index < -0.39 is 0 Å². The number of benzene rings is 1. The molecule has 2 rings (SSSR count). The summed E-state index contributed by atoms with van der Waals surface area (Å²) in [5, 5.41) is 3.32. The monoisotopic (exact) mass is 280 g/mol. The highest BCUT2D eigenvalue weighted by Crippen LogP contribution is 2.20. The molecule has 20 heavy (non-hydrogen) atoms. The molecule has 1 aliphatic rings. The van der Waals surface area contributed by atoms with Gasteiger partial charge in [-0.25, -0.2) is 4.39 Å². The van der Waals surface area contributed by atoms with Gasteiger partial charge in [-0.2, -0.15) is 0 Å². The predicted molar refractivity (Wildman–Crippen MR) is 79.2 cm³/mol. The highest BCUT2D eigenvalue weighted by molar-refractivity contribution is 5.16. The number of likely N-dealkylation sites (N-methyl/N-ethyl adjacent to an activating group) is 2. The van der Waals surface area contributed by atoms with Crippen LogP contribution in [0.5, 0.6) is 0 Å². The molecule has 0 bridgehead atoms. The minimum absolute atomic E-state index is 0.128. The maximum Gasteiger partial charge on any atom is 0.127 e. The second-order valence-corrected chi connectivity index (χ2v) is 5.55. The molecule has 112 valence electrons. The number of ether oxygens (including phenoxy) is 1. The van der Waals surface area contributed by atoms with Gasteiger partial charge >= 0.3 is 0 Å².